The normalized spacial score (nSPS) is 9.13. The van der Waals surface area contributed by atoms with Gasteiger partial charge in [0.1, 0.15) is 0 Å². The topological polar surface area (TPSA) is 89.3 Å². The van der Waals surface area contributed by atoms with Crippen molar-refractivity contribution in [2.45, 2.75) is 6.42 Å². The summed E-state index contributed by atoms with van der Waals surface area (Å²) in [7, 11) is 0. The third-order valence-corrected chi connectivity index (χ3v) is 1.70. The van der Waals surface area contributed by atoms with Gasteiger partial charge in [0.2, 0.25) is 0 Å². The largest absolute Gasteiger partial charge is 0.478 e. The Balaban J connectivity index is 3.00. The number of benzene rings is 1. The van der Waals surface area contributed by atoms with Crippen LogP contribution in [-0.2, 0) is 0 Å². The van der Waals surface area contributed by atoms with Crippen molar-refractivity contribution in [2.75, 3.05) is 12.3 Å². The first kappa shape index (κ1) is 11.1. The van der Waals surface area contributed by atoms with E-state index in [2.05, 4.69) is 11.8 Å². The van der Waals surface area contributed by atoms with Crippen LogP contribution < -0.4 is 11.5 Å². The molecule has 4 nitrogen and oxygen atoms in total. The van der Waals surface area contributed by atoms with E-state index in [1.807, 2.05) is 0 Å². The molecule has 0 spiro atoms. The number of aromatic carboxylic acids is 1. The quantitative estimate of drug-likeness (QED) is 0.488. The van der Waals surface area contributed by atoms with Gasteiger partial charge in [0.15, 0.2) is 0 Å². The van der Waals surface area contributed by atoms with Crippen molar-refractivity contribution in [1.29, 1.82) is 0 Å². The fourth-order valence-electron chi connectivity index (χ4n) is 1.08. The second-order valence-corrected chi connectivity index (χ2v) is 2.99. The predicted octanol–water partition coefficient (Wildman–Crippen LogP) is 0.667. The van der Waals surface area contributed by atoms with E-state index >= 15 is 0 Å². The number of carboxylic acid groups (broad SMARTS) is 1. The third-order valence-electron chi connectivity index (χ3n) is 1.70. The number of hydrogen-bond acceptors (Lipinski definition) is 3. The molecule has 0 saturated heterocycles. The fourth-order valence-corrected chi connectivity index (χ4v) is 1.08. The Kier molecular flexibility index (Phi) is 3.72. The van der Waals surface area contributed by atoms with Gasteiger partial charge in [-0.3, -0.25) is 0 Å². The lowest BCUT2D eigenvalue weighted by atomic mass is 10.1. The summed E-state index contributed by atoms with van der Waals surface area (Å²) in [5, 5.41) is 8.78. The van der Waals surface area contributed by atoms with Crippen molar-refractivity contribution in [1.82, 2.24) is 0 Å². The number of carbonyl (C=O) groups is 1. The summed E-state index contributed by atoms with van der Waals surface area (Å²) < 4.78 is 0. The number of carboxylic acids is 1. The van der Waals surface area contributed by atoms with Crippen LogP contribution >= 0.6 is 0 Å². The van der Waals surface area contributed by atoms with E-state index in [1.165, 1.54) is 12.1 Å². The summed E-state index contributed by atoms with van der Waals surface area (Å²) in [5.41, 5.74) is 12.0. The van der Waals surface area contributed by atoms with Gasteiger partial charge in [-0.05, 0) is 18.2 Å². The van der Waals surface area contributed by atoms with Crippen molar-refractivity contribution in [3.8, 4) is 11.8 Å². The first-order valence-corrected chi connectivity index (χ1v) is 4.46. The Morgan fingerprint density at radius 2 is 2.13 bits per heavy atom. The van der Waals surface area contributed by atoms with Gasteiger partial charge < -0.3 is 16.6 Å². The Morgan fingerprint density at radius 1 is 1.40 bits per heavy atom. The van der Waals surface area contributed by atoms with Crippen molar-refractivity contribution in [3.63, 3.8) is 0 Å². The van der Waals surface area contributed by atoms with Crippen LogP contribution in [-0.4, -0.2) is 17.6 Å². The molecule has 0 bridgehead atoms. The minimum absolute atomic E-state index is 0.145. The summed E-state index contributed by atoms with van der Waals surface area (Å²) in [6, 6.07) is 4.52. The lowest BCUT2D eigenvalue weighted by Gasteiger charge is -1.98. The summed E-state index contributed by atoms with van der Waals surface area (Å²) >= 11 is 0. The van der Waals surface area contributed by atoms with Gasteiger partial charge in [-0.15, -0.1) is 0 Å². The van der Waals surface area contributed by atoms with Gasteiger partial charge in [-0.1, -0.05) is 11.8 Å². The van der Waals surface area contributed by atoms with Crippen molar-refractivity contribution in [3.05, 3.63) is 29.3 Å². The summed E-state index contributed by atoms with van der Waals surface area (Å²) in [6.07, 6.45) is 0.581. The van der Waals surface area contributed by atoms with Crippen LogP contribution in [0.2, 0.25) is 0 Å². The molecular weight excluding hydrogens is 192 g/mol. The summed E-state index contributed by atoms with van der Waals surface area (Å²) in [4.78, 5) is 10.7. The fraction of sp³-hybridized carbons (Fsp3) is 0.182. The highest BCUT2D eigenvalue weighted by Gasteiger charge is 2.04. The molecule has 0 aromatic heterocycles. The molecule has 0 aliphatic carbocycles. The average molecular weight is 204 g/mol. The van der Waals surface area contributed by atoms with Crippen LogP contribution in [0.5, 0.6) is 0 Å². The zero-order chi connectivity index (χ0) is 11.3. The van der Waals surface area contributed by atoms with Gasteiger partial charge in [0.05, 0.1) is 5.56 Å². The molecule has 1 aromatic rings. The SMILES string of the molecule is NCCC#Cc1cc(N)cc(C(=O)O)c1. The smallest absolute Gasteiger partial charge is 0.335 e. The van der Waals surface area contributed by atoms with Gasteiger partial charge in [0.25, 0.3) is 0 Å². The van der Waals surface area contributed by atoms with E-state index in [0.717, 1.165) is 0 Å². The minimum Gasteiger partial charge on any atom is -0.478 e. The second-order valence-electron chi connectivity index (χ2n) is 2.99. The summed E-state index contributed by atoms with van der Waals surface area (Å²) in [5.74, 6) is 4.62. The summed E-state index contributed by atoms with van der Waals surface area (Å²) in [6.45, 7) is 0.487. The van der Waals surface area contributed by atoms with Crippen molar-refractivity contribution in [2.24, 2.45) is 5.73 Å². The molecule has 0 amide bonds. The predicted molar refractivity (Wildman–Crippen MR) is 58.4 cm³/mol. The average Bonchev–Trinajstić information content (AvgIpc) is 2.17. The monoisotopic (exact) mass is 204 g/mol. The standard InChI is InChI=1S/C11H12N2O2/c12-4-2-1-3-8-5-9(11(14)15)7-10(13)6-8/h5-7H,2,4,12-13H2,(H,14,15). The maximum absolute atomic E-state index is 10.7. The first-order chi connectivity index (χ1) is 7.13. The molecule has 4 heteroatoms. The number of hydrogen-bond donors (Lipinski definition) is 3. The molecule has 0 unspecified atom stereocenters. The molecule has 0 heterocycles. The molecule has 1 aromatic carbocycles. The van der Waals surface area contributed by atoms with Crippen LogP contribution in [0.4, 0.5) is 5.69 Å². The number of nitrogens with two attached hydrogens (primary N) is 2. The maximum Gasteiger partial charge on any atom is 0.335 e. The van der Waals surface area contributed by atoms with E-state index in [4.69, 9.17) is 16.6 Å². The Labute approximate surface area is 87.9 Å². The van der Waals surface area contributed by atoms with Crippen LogP contribution in [0, 0.1) is 11.8 Å². The zero-order valence-electron chi connectivity index (χ0n) is 8.16. The molecule has 0 aliphatic heterocycles. The molecule has 15 heavy (non-hydrogen) atoms. The van der Waals surface area contributed by atoms with Crippen molar-refractivity contribution >= 4 is 11.7 Å². The van der Waals surface area contributed by atoms with Crippen LogP contribution in [0.15, 0.2) is 18.2 Å². The third kappa shape index (κ3) is 3.33. The van der Waals surface area contributed by atoms with Crippen LogP contribution in [0.3, 0.4) is 0 Å². The lowest BCUT2D eigenvalue weighted by Crippen LogP contribution is -1.99. The van der Waals surface area contributed by atoms with Gasteiger partial charge in [-0.2, -0.15) is 0 Å². The molecule has 0 radical (unpaired) electrons. The molecule has 0 fully saturated rings. The van der Waals surface area contributed by atoms with Crippen LogP contribution in [0.25, 0.3) is 0 Å². The highest BCUT2D eigenvalue weighted by atomic mass is 16.4. The molecular formula is C11H12N2O2. The number of anilines is 1. The highest BCUT2D eigenvalue weighted by Crippen LogP contribution is 2.11. The van der Waals surface area contributed by atoms with E-state index < -0.39 is 5.97 Å². The van der Waals surface area contributed by atoms with Gasteiger partial charge in [-0.25, -0.2) is 4.79 Å². The molecule has 5 N–H and O–H groups in total. The lowest BCUT2D eigenvalue weighted by molar-refractivity contribution is 0.0697. The molecule has 0 atom stereocenters. The van der Waals surface area contributed by atoms with Gasteiger partial charge >= 0.3 is 5.97 Å². The van der Waals surface area contributed by atoms with E-state index in [1.54, 1.807) is 6.07 Å². The number of rotatable bonds is 2. The van der Waals surface area contributed by atoms with E-state index in [-0.39, 0.29) is 5.56 Å². The minimum atomic E-state index is -1.01. The molecule has 0 saturated carbocycles. The molecule has 0 aliphatic rings. The van der Waals surface area contributed by atoms with Crippen molar-refractivity contribution < 1.29 is 9.90 Å². The second kappa shape index (κ2) is 5.03. The Hall–Kier alpha value is -1.99. The molecule has 78 valence electrons. The molecule has 1 rings (SSSR count). The number of nitrogen functional groups attached to an aromatic ring is 1. The van der Waals surface area contributed by atoms with E-state index in [0.29, 0.717) is 24.2 Å². The van der Waals surface area contributed by atoms with E-state index in [9.17, 15) is 4.79 Å². The zero-order valence-corrected chi connectivity index (χ0v) is 8.16. The Morgan fingerprint density at radius 3 is 2.73 bits per heavy atom. The highest BCUT2D eigenvalue weighted by molar-refractivity contribution is 5.89. The van der Waals surface area contributed by atoms with Gasteiger partial charge in [0, 0.05) is 24.2 Å². The first-order valence-electron chi connectivity index (χ1n) is 4.46. The van der Waals surface area contributed by atoms with Crippen LogP contribution in [0.1, 0.15) is 22.3 Å². The Bertz CT molecular complexity index is 430. The maximum atomic E-state index is 10.7.